The first-order chi connectivity index (χ1) is 17.1. The minimum atomic E-state index is -5.94. The normalized spacial score (nSPS) is 13.3. The van der Waals surface area contributed by atoms with Crippen LogP contribution in [0.15, 0.2) is 71.2 Å². The fourth-order valence-corrected chi connectivity index (χ4v) is 3.22. The number of anilines is 1. The van der Waals surface area contributed by atoms with Crippen LogP contribution >= 0.6 is 15.9 Å². The van der Waals surface area contributed by atoms with Gasteiger partial charge in [0, 0.05) is 16.1 Å². The van der Waals surface area contributed by atoms with Gasteiger partial charge in [0.05, 0.1) is 12.2 Å². The quantitative estimate of drug-likeness (QED) is 0.211. The first-order valence-corrected chi connectivity index (χ1v) is 10.9. The van der Waals surface area contributed by atoms with Crippen molar-refractivity contribution in [2.45, 2.75) is 24.4 Å². The Morgan fingerprint density at radius 1 is 0.838 bits per heavy atom. The van der Waals surface area contributed by atoms with E-state index in [1.54, 1.807) is 0 Å². The number of alkyl halides is 8. The highest BCUT2D eigenvalue weighted by molar-refractivity contribution is 9.10. The summed E-state index contributed by atoms with van der Waals surface area (Å²) >= 11 is 3.13. The van der Waals surface area contributed by atoms with Crippen LogP contribution in [0.3, 0.4) is 0 Å². The zero-order chi connectivity index (χ0) is 27.6. The highest BCUT2D eigenvalue weighted by atomic mass is 79.9. The molecule has 0 aliphatic heterocycles. The molecule has 0 radical (unpaired) electrons. The number of hydrogen-bond acceptors (Lipinski definition) is 4. The first kappa shape index (κ1) is 28.4. The van der Waals surface area contributed by atoms with Crippen LogP contribution in [0, 0.1) is 5.82 Å². The number of hydrogen-bond donors (Lipinski definition) is 1. The second kappa shape index (κ2) is 10.7. The minimum Gasteiger partial charge on any atom is -0.454 e. The SMILES string of the molecule is O[C@@H](CN(Oc1cccc(C(F)(F)C(F)(F)F)c1)c1cccc(Oc2cc(Br)ccc2F)c1)C(F)(F)F. The number of halogens is 10. The summed E-state index contributed by atoms with van der Waals surface area (Å²) in [4.78, 5) is 5.20. The van der Waals surface area contributed by atoms with Gasteiger partial charge in [0.2, 0.25) is 0 Å². The molecule has 200 valence electrons. The molecule has 0 heterocycles. The Kier molecular flexibility index (Phi) is 8.22. The molecule has 0 spiro atoms. The van der Waals surface area contributed by atoms with Gasteiger partial charge in [-0.05, 0) is 42.5 Å². The molecule has 0 unspecified atom stereocenters. The lowest BCUT2D eigenvalue weighted by atomic mass is 10.1. The first-order valence-electron chi connectivity index (χ1n) is 10.1. The lowest BCUT2D eigenvalue weighted by Gasteiger charge is -2.28. The van der Waals surface area contributed by atoms with Crippen molar-refractivity contribution >= 4 is 21.6 Å². The Bertz CT molecular complexity index is 1230. The highest BCUT2D eigenvalue weighted by Gasteiger charge is 2.58. The van der Waals surface area contributed by atoms with E-state index < -0.39 is 48.1 Å². The summed E-state index contributed by atoms with van der Waals surface area (Å²) in [6.45, 7) is -1.31. The van der Waals surface area contributed by atoms with Crippen molar-refractivity contribution in [2.75, 3.05) is 11.6 Å². The summed E-state index contributed by atoms with van der Waals surface area (Å²) in [5.74, 6) is -7.07. The molecule has 14 heteroatoms. The molecule has 0 saturated heterocycles. The van der Waals surface area contributed by atoms with Crippen molar-refractivity contribution in [3.05, 3.63) is 82.6 Å². The van der Waals surface area contributed by atoms with Crippen LogP contribution < -0.4 is 14.6 Å². The maximum atomic E-state index is 14.0. The van der Waals surface area contributed by atoms with E-state index in [0.29, 0.717) is 21.7 Å². The minimum absolute atomic E-state index is 0.0954. The number of aliphatic hydroxyl groups is 1. The number of rotatable bonds is 8. The highest BCUT2D eigenvalue weighted by Crippen LogP contribution is 2.44. The number of hydroxylamine groups is 1. The molecule has 0 aromatic heterocycles. The van der Waals surface area contributed by atoms with E-state index in [9.17, 15) is 44.6 Å². The molecular weight excluding hydrogens is 589 g/mol. The largest absolute Gasteiger partial charge is 0.458 e. The molecule has 0 bridgehead atoms. The van der Waals surface area contributed by atoms with Gasteiger partial charge in [0.15, 0.2) is 23.4 Å². The molecule has 0 aliphatic carbocycles. The van der Waals surface area contributed by atoms with E-state index in [1.807, 2.05) is 0 Å². The zero-order valence-corrected chi connectivity index (χ0v) is 19.7. The standard InChI is InChI=1S/C23H15BrF9NO3/c24-14-7-8-18(25)19(10-14)36-16-5-2-4-15(11-16)34(12-20(35)22(28,29)30)37-17-6-1-3-13(9-17)21(26,27)23(31,32)33/h1-11,20,35H,12H2/t20-/m0/s1. The Labute approximate surface area is 211 Å². The number of ether oxygens (including phenoxy) is 1. The number of nitrogens with zero attached hydrogens (tertiary/aromatic N) is 1. The molecule has 3 rings (SSSR count). The van der Waals surface area contributed by atoms with Gasteiger partial charge in [-0.2, -0.15) is 35.1 Å². The second-order valence-corrected chi connectivity index (χ2v) is 8.40. The van der Waals surface area contributed by atoms with Crippen molar-refractivity contribution in [1.82, 2.24) is 0 Å². The van der Waals surface area contributed by atoms with Gasteiger partial charge >= 0.3 is 18.3 Å². The van der Waals surface area contributed by atoms with E-state index in [2.05, 4.69) is 15.9 Å². The lowest BCUT2D eigenvalue weighted by molar-refractivity contribution is -0.289. The maximum absolute atomic E-state index is 14.0. The summed E-state index contributed by atoms with van der Waals surface area (Å²) in [6, 6.07) is 11.1. The van der Waals surface area contributed by atoms with E-state index in [-0.39, 0.29) is 17.2 Å². The van der Waals surface area contributed by atoms with E-state index >= 15 is 0 Å². The molecule has 0 fully saturated rings. The molecule has 0 aliphatic rings. The Morgan fingerprint density at radius 2 is 1.49 bits per heavy atom. The van der Waals surface area contributed by atoms with Crippen LogP contribution in [0.5, 0.6) is 17.2 Å². The third kappa shape index (κ3) is 7.01. The molecule has 0 amide bonds. The van der Waals surface area contributed by atoms with Crippen molar-refractivity contribution in [3.63, 3.8) is 0 Å². The Balaban J connectivity index is 1.96. The third-order valence-electron chi connectivity index (χ3n) is 4.71. The molecule has 1 N–H and O–H groups in total. The number of aliphatic hydroxyl groups excluding tert-OH is 1. The summed E-state index contributed by atoms with van der Waals surface area (Å²) in [5, 5.41) is 9.98. The van der Waals surface area contributed by atoms with Gasteiger partial charge in [0.1, 0.15) is 5.75 Å². The topological polar surface area (TPSA) is 41.9 Å². The molecule has 3 aromatic carbocycles. The molecular formula is C23H15BrF9NO3. The monoisotopic (exact) mass is 603 g/mol. The summed E-state index contributed by atoms with van der Waals surface area (Å²) < 4.78 is 125. The second-order valence-electron chi connectivity index (χ2n) is 7.48. The average Bonchev–Trinajstić information content (AvgIpc) is 2.80. The van der Waals surface area contributed by atoms with Gasteiger partial charge in [-0.15, -0.1) is 0 Å². The predicted octanol–water partition coefficient (Wildman–Crippen LogP) is 7.76. The van der Waals surface area contributed by atoms with Crippen LogP contribution in [0.25, 0.3) is 0 Å². The van der Waals surface area contributed by atoms with Crippen molar-refractivity contribution in [1.29, 1.82) is 0 Å². The van der Waals surface area contributed by atoms with Crippen molar-refractivity contribution < 1.29 is 54.2 Å². The maximum Gasteiger partial charge on any atom is 0.458 e. The molecule has 3 aromatic rings. The van der Waals surface area contributed by atoms with Gasteiger partial charge in [0.25, 0.3) is 0 Å². The Morgan fingerprint density at radius 3 is 2.14 bits per heavy atom. The fourth-order valence-electron chi connectivity index (χ4n) is 2.88. The van der Waals surface area contributed by atoms with Gasteiger partial charge in [-0.3, -0.25) is 0 Å². The van der Waals surface area contributed by atoms with Crippen LogP contribution in [-0.2, 0) is 5.92 Å². The van der Waals surface area contributed by atoms with E-state index in [1.165, 1.54) is 30.3 Å². The lowest BCUT2D eigenvalue weighted by Crippen LogP contribution is -2.42. The van der Waals surface area contributed by atoms with Gasteiger partial charge in [-0.1, -0.05) is 34.1 Å². The van der Waals surface area contributed by atoms with Crippen molar-refractivity contribution in [3.8, 4) is 17.2 Å². The molecule has 4 nitrogen and oxygen atoms in total. The van der Waals surface area contributed by atoms with Crippen LogP contribution in [-0.4, -0.2) is 30.1 Å². The van der Waals surface area contributed by atoms with Gasteiger partial charge in [-0.25, -0.2) is 9.45 Å². The Hall–Kier alpha value is -3.13. The van der Waals surface area contributed by atoms with Crippen LogP contribution in [0.1, 0.15) is 5.56 Å². The molecule has 37 heavy (non-hydrogen) atoms. The molecule has 1 atom stereocenters. The predicted molar refractivity (Wildman–Crippen MR) is 117 cm³/mol. The van der Waals surface area contributed by atoms with Crippen LogP contribution in [0.4, 0.5) is 45.2 Å². The smallest absolute Gasteiger partial charge is 0.454 e. The van der Waals surface area contributed by atoms with Gasteiger partial charge < -0.3 is 14.7 Å². The van der Waals surface area contributed by atoms with Crippen LogP contribution in [0.2, 0.25) is 0 Å². The average molecular weight is 604 g/mol. The zero-order valence-electron chi connectivity index (χ0n) is 18.1. The summed E-state index contributed by atoms with van der Waals surface area (Å²) in [7, 11) is 0. The fraction of sp³-hybridized carbons (Fsp3) is 0.217. The van der Waals surface area contributed by atoms with E-state index in [4.69, 9.17) is 9.57 Å². The van der Waals surface area contributed by atoms with E-state index in [0.717, 1.165) is 24.3 Å². The number of benzene rings is 3. The molecule has 0 saturated carbocycles. The third-order valence-corrected chi connectivity index (χ3v) is 5.20. The summed E-state index contributed by atoms with van der Waals surface area (Å²) in [5.41, 5.74) is -1.75. The summed E-state index contributed by atoms with van der Waals surface area (Å²) in [6.07, 6.45) is -14.1. The van der Waals surface area contributed by atoms with Crippen molar-refractivity contribution in [2.24, 2.45) is 0 Å².